The molecule has 66 valence electrons. The molecule has 0 N–H and O–H groups in total. The second-order valence-corrected chi connectivity index (χ2v) is 2.34. The SMILES string of the molecule is CON1CCOCCOCC1. The molecular formula is C7H15NO3. The van der Waals surface area contributed by atoms with Crippen molar-refractivity contribution in [3.8, 4) is 0 Å². The van der Waals surface area contributed by atoms with Crippen LogP contribution in [0.3, 0.4) is 0 Å². The highest BCUT2D eigenvalue weighted by Crippen LogP contribution is 1.92. The van der Waals surface area contributed by atoms with E-state index in [2.05, 4.69) is 0 Å². The molecule has 4 heteroatoms. The zero-order chi connectivity index (χ0) is 7.94. The average molecular weight is 161 g/mol. The van der Waals surface area contributed by atoms with Crippen LogP contribution < -0.4 is 0 Å². The molecule has 1 aliphatic heterocycles. The van der Waals surface area contributed by atoms with E-state index in [1.165, 1.54) is 0 Å². The first-order valence-corrected chi connectivity index (χ1v) is 3.88. The Morgan fingerprint density at radius 2 is 1.55 bits per heavy atom. The van der Waals surface area contributed by atoms with Crippen LogP contribution in [-0.2, 0) is 14.3 Å². The number of rotatable bonds is 1. The summed E-state index contributed by atoms with van der Waals surface area (Å²) < 4.78 is 10.5. The lowest BCUT2D eigenvalue weighted by Gasteiger charge is -2.17. The minimum Gasteiger partial charge on any atom is -0.378 e. The van der Waals surface area contributed by atoms with Crippen LogP contribution in [0.4, 0.5) is 0 Å². The van der Waals surface area contributed by atoms with E-state index in [4.69, 9.17) is 14.3 Å². The molecule has 11 heavy (non-hydrogen) atoms. The molecule has 0 aliphatic carbocycles. The third-order valence-corrected chi connectivity index (χ3v) is 1.60. The van der Waals surface area contributed by atoms with Gasteiger partial charge in [-0.3, -0.25) is 0 Å². The zero-order valence-electron chi connectivity index (χ0n) is 6.91. The summed E-state index contributed by atoms with van der Waals surface area (Å²) in [6.45, 7) is 4.46. The van der Waals surface area contributed by atoms with Gasteiger partial charge in [0.15, 0.2) is 0 Å². The van der Waals surface area contributed by atoms with Gasteiger partial charge in [-0.2, -0.15) is 5.06 Å². The van der Waals surface area contributed by atoms with E-state index in [-0.39, 0.29) is 0 Å². The summed E-state index contributed by atoms with van der Waals surface area (Å²) in [6.07, 6.45) is 0. The van der Waals surface area contributed by atoms with Gasteiger partial charge in [0, 0.05) is 13.1 Å². The van der Waals surface area contributed by atoms with Crippen molar-refractivity contribution in [1.29, 1.82) is 0 Å². The monoisotopic (exact) mass is 161 g/mol. The Labute approximate surface area is 67.0 Å². The largest absolute Gasteiger partial charge is 0.378 e. The molecule has 0 aromatic carbocycles. The summed E-state index contributed by atoms with van der Waals surface area (Å²) in [5.41, 5.74) is 0. The van der Waals surface area contributed by atoms with Crippen molar-refractivity contribution >= 4 is 0 Å². The van der Waals surface area contributed by atoms with Gasteiger partial charge >= 0.3 is 0 Å². The van der Waals surface area contributed by atoms with Gasteiger partial charge in [-0.1, -0.05) is 0 Å². The first-order valence-electron chi connectivity index (χ1n) is 3.88. The standard InChI is InChI=1S/C7H15NO3/c1-9-8-2-4-10-6-7-11-5-3-8/h2-7H2,1H3. The molecular weight excluding hydrogens is 146 g/mol. The molecule has 0 atom stereocenters. The molecule has 1 saturated heterocycles. The Morgan fingerprint density at radius 1 is 1.00 bits per heavy atom. The van der Waals surface area contributed by atoms with Crippen molar-refractivity contribution in [3.05, 3.63) is 0 Å². The molecule has 0 radical (unpaired) electrons. The van der Waals surface area contributed by atoms with Gasteiger partial charge in [0.25, 0.3) is 0 Å². The van der Waals surface area contributed by atoms with Crippen LogP contribution in [0.5, 0.6) is 0 Å². The lowest BCUT2D eigenvalue weighted by molar-refractivity contribution is -0.142. The van der Waals surface area contributed by atoms with Gasteiger partial charge < -0.3 is 14.3 Å². The smallest absolute Gasteiger partial charge is 0.0701 e. The minimum absolute atomic E-state index is 0.692. The number of hydrogen-bond acceptors (Lipinski definition) is 4. The van der Waals surface area contributed by atoms with E-state index >= 15 is 0 Å². The first-order chi connectivity index (χ1) is 5.43. The fraction of sp³-hybridized carbons (Fsp3) is 1.00. The number of hydrogen-bond donors (Lipinski definition) is 0. The van der Waals surface area contributed by atoms with Crippen molar-refractivity contribution in [2.75, 3.05) is 46.6 Å². The molecule has 1 rings (SSSR count). The maximum atomic E-state index is 5.24. The second kappa shape index (κ2) is 5.49. The average Bonchev–Trinajstić information content (AvgIpc) is 2.16. The minimum atomic E-state index is 0.692. The molecule has 0 unspecified atom stereocenters. The van der Waals surface area contributed by atoms with Crippen molar-refractivity contribution in [3.63, 3.8) is 0 Å². The van der Waals surface area contributed by atoms with Gasteiger partial charge in [0.05, 0.1) is 33.5 Å². The molecule has 4 nitrogen and oxygen atoms in total. The summed E-state index contributed by atoms with van der Waals surface area (Å²) in [5, 5.41) is 1.84. The summed E-state index contributed by atoms with van der Waals surface area (Å²) in [4.78, 5) is 5.06. The Bertz CT molecular complexity index is 89.7. The normalized spacial score (nSPS) is 23.7. The maximum Gasteiger partial charge on any atom is 0.0701 e. The Balaban J connectivity index is 2.19. The lowest BCUT2D eigenvalue weighted by atomic mass is 10.6. The lowest BCUT2D eigenvalue weighted by Crippen LogP contribution is -2.28. The first kappa shape index (κ1) is 8.93. The van der Waals surface area contributed by atoms with E-state index in [0.717, 1.165) is 26.3 Å². The molecule has 0 amide bonds. The van der Waals surface area contributed by atoms with E-state index < -0.39 is 0 Å². The fourth-order valence-electron chi connectivity index (χ4n) is 0.949. The molecule has 0 bridgehead atoms. The van der Waals surface area contributed by atoms with E-state index in [0.29, 0.717) is 13.2 Å². The van der Waals surface area contributed by atoms with Crippen LogP contribution in [0, 0.1) is 0 Å². The Morgan fingerprint density at radius 3 is 2.00 bits per heavy atom. The van der Waals surface area contributed by atoms with Crippen molar-refractivity contribution < 1.29 is 14.3 Å². The summed E-state index contributed by atoms with van der Waals surface area (Å²) in [6, 6.07) is 0. The topological polar surface area (TPSA) is 30.9 Å². The van der Waals surface area contributed by atoms with E-state index in [9.17, 15) is 0 Å². The predicted molar refractivity (Wildman–Crippen MR) is 40.2 cm³/mol. The Hall–Kier alpha value is -0.160. The van der Waals surface area contributed by atoms with Crippen LogP contribution >= 0.6 is 0 Å². The molecule has 1 heterocycles. The van der Waals surface area contributed by atoms with Gasteiger partial charge in [0.1, 0.15) is 0 Å². The van der Waals surface area contributed by atoms with Gasteiger partial charge in [-0.15, -0.1) is 0 Å². The van der Waals surface area contributed by atoms with Crippen LogP contribution in [0.25, 0.3) is 0 Å². The van der Waals surface area contributed by atoms with Gasteiger partial charge in [-0.25, -0.2) is 0 Å². The summed E-state index contributed by atoms with van der Waals surface area (Å²) in [5.74, 6) is 0. The van der Waals surface area contributed by atoms with Crippen LogP contribution in [0.1, 0.15) is 0 Å². The highest BCUT2D eigenvalue weighted by molar-refractivity contribution is 4.47. The highest BCUT2D eigenvalue weighted by atomic mass is 16.7. The third-order valence-electron chi connectivity index (χ3n) is 1.60. The summed E-state index contributed by atoms with van der Waals surface area (Å²) >= 11 is 0. The van der Waals surface area contributed by atoms with Crippen LogP contribution in [-0.4, -0.2) is 51.7 Å². The zero-order valence-corrected chi connectivity index (χ0v) is 6.91. The number of hydroxylamine groups is 2. The maximum absolute atomic E-state index is 5.24. The summed E-state index contributed by atoms with van der Waals surface area (Å²) in [7, 11) is 1.66. The van der Waals surface area contributed by atoms with Gasteiger partial charge in [-0.05, 0) is 0 Å². The quantitative estimate of drug-likeness (QED) is 0.537. The molecule has 1 aliphatic rings. The van der Waals surface area contributed by atoms with E-state index in [1.807, 2.05) is 5.06 Å². The molecule has 0 spiro atoms. The van der Waals surface area contributed by atoms with E-state index in [1.54, 1.807) is 7.11 Å². The fourth-order valence-corrected chi connectivity index (χ4v) is 0.949. The molecule has 0 aromatic heterocycles. The van der Waals surface area contributed by atoms with Crippen molar-refractivity contribution in [2.24, 2.45) is 0 Å². The third kappa shape index (κ3) is 3.67. The molecule has 0 saturated carbocycles. The second-order valence-electron chi connectivity index (χ2n) is 2.34. The van der Waals surface area contributed by atoms with Crippen molar-refractivity contribution in [2.45, 2.75) is 0 Å². The predicted octanol–water partition coefficient (Wildman–Crippen LogP) is -0.103. The molecule has 1 fully saturated rings. The van der Waals surface area contributed by atoms with Crippen LogP contribution in [0.15, 0.2) is 0 Å². The van der Waals surface area contributed by atoms with Crippen LogP contribution in [0.2, 0.25) is 0 Å². The number of nitrogens with zero attached hydrogens (tertiary/aromatic N) is 1. The van der Waals surface area contributed by atoms with Gasteiger partial charge in [0.2, 0.25) is 0 Å². The molecule has 0 aromatic rings. The van der Waals surface area contributed by atoms with Crippen molar-refractivity contribution in [1.82, 2.24) is 5.06 Å². The number of ether oxygens (including phenoxy) is 2. The Kier molecular flexibility index (Phi) is 4.45. The highest BCUT2D eigenvalue weighted by Gasteiger charge is 2.04.